The van der Waals surface area contributed by atoms with E-state index in [4.69, 9.17) is 10.3 Å². The molecule has 0 radical (unpaired) electrons. The first kappa shape index (κ1) is 8.87. The molecular formula is C7H11N3O2. The van der Waals surface area contributed by atoms with E-state index in [2.05, 4.69) is 10.0 Å². The second-order valence-corrected chi connectivity index (χ2v) is 2.81. The third kappa shape index (κ3) is 1.89. The highest BCUT2D eigenvalue weighted by Gasteiger charge is 2.32. The second kappa shape index (κ2) is 3.97. The van der Waals surface area contributed by atoms with E-state index < -0.39 is 0 Å². The third-order valence-corrected chi connectivity index (χ3v) is 2.00. The second-order valence-electron chi connectivity index (χ2n) is 2.81. The fraction of sp³-hybridized carbons (Fsp3) is 0.857. The summed E-state index contributed by atoms with van der Waals surface area (Å²) in [7, 11) is 0. The monoisotopic (exact) mass is 169 g/mol. The Labute approximate surface area is 70.3 Å². The van der Waals surface area contributed by atoms with Gasteiger partial charge in [0.2, 0.25) is 0 Å². The Morgan fingerprint density at radius 2 is 2.58 bits per heavy atom. The molecule has 2 atom stereocenters. The first-order valence-electron chi connectivity index (χ1n) is 3.99. The number of esters is 1. The Kier molecular flexibility index (Phi) is 2.94. The number of ether oxygens (including phenoxy) is 1. The van der Waals surface area contributed by atoms with E-state index in [0.717, 1.165) is 6.42 Å². The highest BCUT2D eigenvalue weighted by atomic mass is 16.6. The molecule has 0 aromatic carbocycles. The molecule has 0 saturated carbocycles. The minimum atomic E-state index is -0.196. The summed E-state index contributed by atoms with van der Waals surface area (Å²) >= 11 is 0. The Morgan fingerprint density at radius 1 is 1.83 bits per heavy atom. The number of cyclic esters (lactones) is 1. The van der Waals surface area contributed by atoms with E-state index in [9.17, 15) is 4.79 Å². The van der Waals surface area contributed by atoms with Crippen molar-refractivity contribution in [3.05, 3.63) is 10.4 Å². The summed E-state index contributed by atoms with van der Waals surface area (Å²) in [5.74, 6) is -0.153. The van der Waals surface area contributed by atoms with Crippen LogP contribution in [0, 0.1) is 5.92 Å². The van der Waals surface area contributed by atoms with Gasteiger partial charge in [0.15, 0.2) is 0 Å². The lowest BCUT2D eigenvalue weighted by Crippen LogP contribution is -2.09. The van der Waals surface area contributed by atoms with Crippen molar-refractivity contribution in [2.24, 2.45) is 11.0 Å². The first-order valence-corrected chi connectivity index (χ1v) is 3.99. The van der Waals surface area contributed by atoms with Crippen molar-refractivity contribution in [1.82, 2.24) is 0 Å². The van der Waals surface area contributed by atoms with Crippen molar-refractivity contribution < 1.29 is 9.53 Å². The Hall–Kier alpha value is -1.22. The number of azide groups is 1. The highest BCUT2D eigenvalue weighted by molar-refractivity contribution is 5.74. The smallest absolute Gasteiger partial charge is 0.309 e. The molecule has 5 heteroatoms. The Balaban J connectivity index is 2.42. The molecule has 0 bridgehead atoms. The normalized spacial score (nSPS) is 27.9. The van der Waals surface area contributed by atoms with Gasteiger partial charge in [-0.2, -0.15) is 0 Å². The van der Waals surface area contributed by atoms with Crippen LogP contribution in [0.5, 0.6) is 0 Å². The molecule has 1 heterocycles. The number of nitrogens with zero attached hydrogens (tertiary/aromatic N) is 3. The van der Waals surface area contributed by atoms with Gasteiger partial charge in [0.05, 0.1) is 12.5 Å². The average Bonchev–Trinajstić information content (AvgIpc) is 2.43. The maximum Gasteiger partial charge on any atom is 0.309 e. The van der Waals surface area contributed by atoms with Crippen molar-refractivity contribution in [3.8, 4) is 0 Å². The molecule has 0 aromatic heterocycles. The maximum atomic E-state index is 11.0. The number of rotatable bonds is 3. The molecule has 66 valence electrons. The summed E-state index contributed by atoms with van der Waals surface area (Å²) in [6.07, 6.45) is 1.29. The van der Waals surface area contributed by atoms with Crippen LogP contribution in [0.2, 0.25) is 0 Å². The van der Waals surface area contributed by atoms with Crippen LogP contribution >= 0.6 is 0 Å². The van der Waals surface area contributed by atoms with E-state index in [-0.39, 0.29) is 24.5 Å². The van der Waals surface area contributed by atoms with Gasteiger partial charge in [-0.1, -0.05) is 12.0 Å². The number of carbonyl (C=O) groups is 1. The van der Waals surface area contributed by atoms with Crippen LogP contribution in [0.15, 0.2) is 5.11 Å². The summed E-state index contributed by atoms with van der Waals surface area (Å²) in [6, 6.07) is 0. The molecule has 0 N–H and O–H groups in total. The molecule has 0 amide bonds. The minimum absolute atomic E-state index is 0.00360. The zero-order valence-electron chi connectivity index (χ0n) is 6.93. The van der Waals surface area contributed by atoms with Crippen molar-refractivity contribution in [3.63, 3.8) is 0 Å². The van der Waals surface area contributed by atoms with Gasteiger partial charge in [0, 0.05) is 4.91 Å². The molecule has 2 unspecified atom stereocenters. The minimum Gasteiger partial charge on any atom is -0.462 e. The summed E-state index contributed by atoms with van der Waals surface area (Å²) in [5.41, 5.74) is 8.03. The quantitative estimate of drug-likeness (QED) is 0.278. The molecule has 0 spiro atoms. The van der Waals surface area contributed by atoms with Gasteiger partial charge in [-0.3, -0.25) is 4.79 Å². The van der Waals surface area contributed by atoms with Crippen LogP contribution in [0.3, 0.4) is 0 Å². The number of hydrogen-bond donors (Lipinski definition) is 0. The van der Waals surface area contributed by atoms with E-state index in [1.165, 1.54) is 0 Å². The van der Waals surface area contributed by atoms with Crippen LogP contribution in [0.1, 0.15) is 19.8 Å². The highest BCUT2D eigenvalue weighted by Crippen LogP contribution is 2.23. The zero-order chi connectivity index (χ0) is 8.97. The molecule has 1 saturated heterocycles. The van der Waals surface area contributed by atoms with Crippen LogP contribution in [-0.2, 0) is 9.53 Å². The third-order valence-electron chi connectivity index (χ3n) is 2.00. The lowest BCUT2D eigenvalue weighted by molar-refractivity contribution is -0.144. The average molecular weight is 169 g/mol. The van der Waals surface area contributed by atoms with E-state index in [1.807, 2.05) is 6.92 Å². The van der Waals surface area contributed by atoms with Crippen molar-refractivity contribution >= 4 is 5.97 Å². The van der Waals surface area contributed by atoms with Crippen LogP contribution in [-0.4, -0.2) is 18.6 Å². The fourth-order valence-electron chi connectivity index (χ4n) is 1.29. The van der Waals surface area contributed by atoms with Gasteiger partial charge in [0.25, 0.3) is 0 Å². The van der Waals surface area contributed by atoms with Gasteiger partial charge in [-0.15, -0.1) is 0 Å². The van der Waals surface area contributed by atoms with E-state index >= 15 is 0 Å². The molecule has 12 heavy (non-hydrogen) atoms. The number of hydrogen-bond acceptors (Lipinski definition) is 3. The van der Waals surface area contributed by atoms with Gasteiger partial charge in [-0.25, -0.2) is 0 Å². The maximum absolute atomic E-state index is 11.0. The van der Waals surface area contributed by atoms with Crippen molar-refractivity contribution in [2.45, 2.75) is 25.9 Å². The lowest BCUT2D eigenvalue weighted by Gasteiger charge is -2.01. The Bertz CT molecular complexity index is 223. The summed E-state index contributed by atoms with van der Waals surface area (Å²) in [6.45, 7) is 2.21. The van der Waals surface area contributed by atoms with Gasteiger partial charge >= 0.3 is 5.97 Å². The fourth-order valence-corrected chi connectivity index (χ4v) is 1.29. The molecule has 5 nitrogen and oxygen atoms in total. The van der Waals surface area contributed by atoms with Gasteiger partial charge in [0.1, 0.15) is 6.10 Å². The Morgan fingerprint density at radius 3 is 3.08 bits per heavy atom. The van der Waals surface area contributed by atoms with Gasteiger partial charge in [-0.05, 0) is 18.4 Å². The molecule has 1 aliphatic heterocycles. The molecule has 0 aliphatic carbocycles. The summed E-state index contributed by atoms with van der Waals surface area (Å²) in [5, 5.41) is 3.36. The predicted octanol–water partition coefficient (Wildman–Crippen LogP) is 1.64. The molecule has 0 aromatic rings. The molecule has 1 fully saturated rings. The summed E-state index contributed by atoms with van der Waals surface area (Å²) in [4.78, 5) is 13.6. The zero-order valence-corrected chi connectivity index (χ0v) is 6.93. The first-order chi connectivity index (χ1) is 5.77. The predicted molar refractivity (Wildman–Crippen MR) is 42.3 cm³/mol. The standard InChI is InChI=1S/C7H11N3O2/c1-2-5-3-6(4-9-10-8)12-7(5)11/h5-6H,2-4H2,1H3. The van der Waals surface area contributed by atoms with Crippen LogP contribution < -0.4 is 0 Å². The summed E-state index contributed by atoms with van der Waals surface area (Å²) < 4.78 is 4.96. The largest absolute Gasteiger partial charge is 0.462 e. The van der Waals surface area contributed by atoms with Crippen molar-refractivity contribution in [1.29, 1.82) is 0 Å². The lowest BCUT2D eigenvalue weighted by atomic mass is 10.0. The van der Waals surface area contributed by atoms with E-state index in [0.29, 0.717) is 6.42 Å². The number of carbonyl (C=O) groups excluding carboxylic acids is 1. The van der Waals surface area contributed by atoms with E-state index in [1.54, 1.807) is 0 Å². The van der Waals surface area contributed by atoms with Gasteiger partial charge < -0.3 is 4.74 Å². The van der Waals surface area contributed by atoms with Crippen molar-refractivity contribution in [2.75, 3.05) is 6.54 Å². The van der Waals surface area contributed by atoms with Crippen LogP contribution in [0.4, 0.5) is 0 Å². The SMILES string of the molecule is CCC1CC(CN=[N+]=[N-])OC1=O. The molecular weight excluding hydrogens is 158 g/mol. The topological polar surface area (TPSA) is 75.1 Å². The molecule has 1 aliphatic rings. The van der Waals surface area contributed by atoms with Crippen LogP contribution in [0.25, 0.3) is 10.4 Å². The molecule has 1 rings (SSSR count).